The first-order chi connectivity index (χ1) is 13.8. The molecule has 2 aromatic carbocycles. The minimum absolute atomic E-state index is 0.0548. The van der Waals surface area contributed by atoms with Crippen LogP contribution >= 0.6 is 0 Å². The second kappa shape index (κ2) is 7.31. The molecule has 4 rings (SSSR count). The highest BCUT2D eigenvalue weighted by Crippen LogP contribution is 2.48. The molecule has 0 N–H and O–H groups in total. The van der Waals surface area contributed by atoms with Gasteiger partial charge in [0.2, 0.25) is 0 Å². The van der Waals surface area contributed by atoms with Gasteiger partial charge in [0.1, 0.15) is 5.82 Å². The van der Waals surface area contributed by atoms with E-state index in [0.29, 0.717) is 32.4 Å². The Hall–Kier alpha value is -2.64. The summed E-state index contributed by atoms with van der Waals surface area (Å²) in [5, 5.41) is 0. The molecule has 0 saturated heterocycles. The summed E-state index contributed by atoms with van der Waals surface area (Å²) in [4.78, 5) is 16.2. The molecule has 29 heavy (non-hydrogen) atoms. The minimum Gasteiger partial charge on any atom is -0.368 e. The van der Waals surface area contributed by atoms with Gasteiger partial charge in [0.25, 0.3) is 0 Å². The molecule has 0 radical (unpaired) electrons. The largest absolute Gasteiger partial charge is 0.416 e. The molecule has 154 valence electrons. The van der Waals surface area contributed by atoms with Gasteiger partial charge in [-0.2, -0.15) is 13.2 Å². The van der Waals surface area contributed by atoms with Crippen molar-refractivity contribution in [3.8, 4) is 0 Å². The molecule has 0 amide bonds. The molecule has 1 aliphatic heterocycles. The van der Waals surface area contributed by atoms with Gasteiger partial charge in [-0.1, -0.05) is 18.2 Å². The summed E-state index contributed by atoms with van der Waals surface area (Å²) in [5.74, 6) is -2.10. The van der Waals surface area contributed by atoms with Crippen LogP contribution < -0.4 is 4.90 Å². The monoisotopic (exact) mass is 411 g/mol. The molecule has 2 aliphatic rings. The van der Waals surface area contributed by atoms with Gasteiger partial charge in [0.05, 0.1) is 17.2 Å². The predicted octanol–water partition coefficient (Wildman–Crippen LogP) is 4.98. The molecular formula is C21H18F5NO2. The van der Waals surface area contributed by atoms with Crippen LogP contribution in [0.1, 0.15) is 34.6 Å². The van der Waals surface area contributed by atoms with Crippen molar-refractivity contribution in [2.24, 2.45) is 5.92 Å². The summed E-state index contributed by atoms with van der Waals surface area (Å²) in [6.45, 7) is 0.764. The zero-order chi connectivity index (χ0) is 20.8. The highest BCUT2D eigenvalue weighted by Gasteiger charge is 2.46. The highest BCUT2D eigenvalue weighted by molar-refractivity contribution is 5.76. The van der Waals surface area contributed by atoms with Crippen LogP contribution in [0.3, 0.4) is 0 Å². The average molecular weight is 411 g/mol. The smallest absolute Gasteiger partial charge is 0.368 e. The number of nitrogens with zero attached hydrogens (tertiary/aromatic N) is 1. The third kappa shape index (κ3) is 3.93. The molecule has 2 atom stereocenters. The van der Waals surface area contributed by atoms with Crippen molar-refractivity contribution >= 4 is 11.7 Å². The van der Waals surface area contributed by atoms with E-state index in [1.54, 1.807) is 4.90 Å². The van der Waals surface area contributed by atoms with Crippen molar-refractivity contribution < 1.29 is 31.8 Å². The Balaban J connectivity index is 1.53. The van der Waals surface area contributed by atoms with Gasteiger partial charge in [-0.25, -0.2) is 9.18 Å². The van der Waals surface area contributed by atoms with Crippen LogP contribution in [0.15, 0.2) is 36.4 Å². The normalized spacial score (nSPS) is 21.3. The SMILES string of the molecule is O=C(OF)C1CC1c1ccc2c(c1)CCN(c1cc(C(F)(F)F)ccc1F)CC2. The van der Waals surface area contributed by atoms with Crippen LogP contribution in [0.25, 0.3) is 0 Å². The molecule has 1 fully saturated rings. The Kier molecular flexibility index (Phi) is 4.96. The molecule has 3 nitrogen and oxygen atoms in total. The molecule has 8 heteroatoms. The molecule has 1 heterocycles. The van der Waals surface area contributed by atoms with Crippen molar-refractivity contribution in [3.63, 3.8) is 0 Å². The Morgan fingerprint density at radius 1 is 1.03 bits per heavy atom. The van der Waals surface area contributed by atoms with Crippen molar-refractivity contribution in [1.29, 1.82) is 0 Å². The van der Waals surface area contributed by atoms with E-state index >= 15 is 0 Å². The lowest BCUT2D eigenvalue weighted by atomic mass is 9.97. The second-order valence-electron chi connectivity index (χ2n) is 7.52. The maximum atomic E-state index is 14.3. The van der Waals surface area contributed by atoms with E-state index in [0.717, 1.165) is 34.9 Å². The molecule has 1 aliphatic carbocycles. The second-order valence-corrected chi connectivity index (χ2v) is 7.52. The van der Waals surface area contributed by atoms with E-state index in [9.17, 15) is 26.9 Å². The van der Waals surface area contributed by atoms with Crippen molar-refractivity contribution in [2.75, 3.05) is 18.0 Å². The third-order valence-corrected chi connectivity index (χ3v) is 5.74. The van der Waals surface area contributed by atoms with E-state index in [-0.39, 0.29) is 11.6 Å². The summed E-state index contributed by atoms with van der Waals surface area (Å²) in [6, 6.07) is 8.21. The zero-order valence-corrected chi connectivity index (χ0v) is 15.3. The highest BCUT2D eigenvalue weighted by atomic mass is 19.4. The Morgan fingerprint density at radius 2 is 1.76 bits per heavy atom. The molecular weight excluding hydrogens is 393 g/mol. The number of hydrogen-bond donors (Lipinski definition) is 0. The lowest BCUT2D eigenvalue weighted by Crippen LogP contribution is -2.27. The predicted molar refractivity (Wildman–Crippen MR) is 95.5 cm³/mol. The van der Waals surface area contributed by atoms with E-state index in [2.05, 4.69) is 4.94 Å². The Bertz CT molecular complexity index is 943. The minimum atomic E-state index is -4.53. The summed E-state index contributed by atoms with van der Waals surface area (Å²) < 4.78 is 65.3. The van der Waals surface area contributed by atoms with Crippen LogP contribution in [0.5, 0.6) is 0 Å². The lowest BCUT2D eigenvalue weighted by molar-refractivity contribution is -0.185. The van der Waals surface area contributed by atoms with E-state index < -0.39 is 29.4 Å². The topological polar surface area (TPSA) is 29.5 Å². The quantitative estimate of drug-likeness (QED) is 0.668. The van der Waals surface area contributed by atoms with Gasteiger partial charge in [-0.3, -0.25) is 4.94 Å². The van der Waals surface area contributed by atoms with Crippen molar-refractivity contribution in [2.45, 2.75) is 31.4 Å². The summed E-state index contributed by atoms with van der Waals surface area (Å²) in [7, 11) is 0. The van der Waals surface area contributed by atoms with Gasteiger partial charge in [-0.15, -0.1) is 0 Å². The maximum Gasteiger partial charge on any atom is 0.416 e. The van der Waals surface area contributed by atoms with Gasteiger partial charge in [0, 0.05) is 17.6 Å². The number of alkyl halides is 3. The standard InChI is InChI=1S/C21H18F5NO2/c22-18-4-3-15(21(23,24)25)10-19(18)27-7-5-12-1-2-14(9-13(12)6-8-27)16-11-17(16)20(28)29-26/h1-4,9-10,16-17H,5-8,11H2. The molecule has 1 saturated carbocycles. The molecule has 0 bridgehead atoms. The summed E-state index contributed by atoms with van der Waals surface area (Å²) >= 11 is 0. The van der Waals surface area contributed by atoms with E-state index in [1.165, 1.54) is 0 Å². The fraction of sp³-hybridized carbons (Fsp3) is 0.381. The first kappa shape index (κ1) is 19.7. The number of halogens is 5. The summed E-state index contributed by atoms with van der Waals surface area (Å²) in [5.41, 5.74) is 2.03. The number of benzene rings is 2. The lowest BCUT2D eigenvalue weighted by Gasteiger charge is -2.24. The molecule has 0 spiro atoms. The number of carbonyl (C=O) groups excluding carboxylic acids is 1. The molecule has 2 unspecified atom stereocenters. The van der Waals surface area contributed by atoms with Crippen LogP contribution in [0.2, 0.25) is 0 Å². The maximum absolute atomic E-state index is 14.3. The van der Waals surface area contributed by atoms with Gasteiger partial charge in [-0.05, 0) is 60.1 Å². The van der Waals surface area contributed by atoms with Crippen LogP contribution in [0, 0.1) is 11.7 Å². The van der Waals surface area contributed by atoms with Crippen molar-refractivity contribution in [1.82, 2.24) is 0 Å². The first-order valence-corrected chi connectivity index (χ1v) is 9.33. The Labute approximate surface area is 164 Å². The van der Waals surface area contributed by atoms with Gasteiger partial charge >= 0.3 is 12.1 Å². The fourth-order valence-electron chi connectivity index (χ4n) is 4.03. The van der Waals surface area contributed by atoms with E-state index in [1.807, 2.05) is 18.2 Å². The number of fused-ring (bicyclic) bond motifs is 1. The van der Waals surface area contributed by atoms with E-state index in [4.69, 9.17) is 0 Å². The number of carbonyl (C=O) groups is 1. The number of rotatable bonds is 3. The number of hydrogen-bond acceptors (Lipinski definition) is 3. The van der Waals surface area contributed by atoms with Crippen LogP contribution in [-0.4, -0.2) is 19.1 Å². The van der Waals surface area contributed by atoms with Crippen LogP contribution in [0.4, 0.5) is 27.8 Å². The van der Waals surface area contributed by atoms with Gasteiger partial charge in [0.15, 0.2) is 0 Å². The van der Waals surface area contributed by atoms with Crippen molar-refractivity contribution in [3.05, 3.63) is 64.5 Å². The third-order valence-electron chi connectivity index (χ3n) is 5.74. The van der Waals surface area contributed by atoms with Gasteiger partial charge < -0.3 is 4.90 Å². The number of anilines is 1. The average Bonchev–Trinajstić information content (AvgIpc) is 3.50. The molecule has 0 aromatic heterocycles. The fourth-order valence-corrected chi connectivity index (χ4v) is 4.03. The first-order valence-electron chi connectivity index (χ1n) is 9.33. The zero-order valence-electron chi connectivity index (χ0n) is 15.3. The van der Waals surface area contributed by atoms with Crippen LogP contribution in [-0.2, 0) is 28.8 Å². The summed E-state index contributed by atoms with van der Waals surface area (Å²) in [6.07, 6.45) is -2.91. The Morgan fingerprint density at radius 3 is 2.45 bits per heavy atom. The molecule has 2 aromatic rings.